The fraction of sp³-hybridized carbons (Fsp3) is 0.490. The summed E-state index contributed by atoms with van der Waals surface area (Å²) in [5, 5.41) is 26.3. The summed E-state index contributed by atoms with van der Waals surface area (Å²) < 4.78 is 89.3. The van der Waals surface area contributed by atoms with Crippen LogP contribution in [0.5, 0.6) is 0 Å². The van der Waals surface area contributed by atoms with E-state index in [2.05, 4.69) is 46.1 Å². The van der Waals surface area contributed by atoms with Crippen molar-refractivity contribution in [3.63, 3.8) is 0 Å². The molecule has 0 aliphatic heterocycles. The summed E-state index contributed by atoms with van der Waals surface area (Å²) in [5.41, 5.74) is 1.25. The fourth-order valence-electron chi connectivity index (χ4n) is 7.02. The minimum absolute atomic E-state index is 0.0168. The van der Waals surface area contributed by atoms with Gasteiger partial charge in [-0.3, -0.25) is 46.2 Å². The average molecular weight is 1150 g/mol. The highest BCUT2D eigenvalue weighted by atomic mass is 32.2. The molecule has 0 aliphatic carbocycles. The number of carbonyl (C=O) groups excluding carboxylic acids is 6. The second-order valence-corrected chi connectivity index (χ2v) is 19.4. The van der Waals surface area contributed by atoms with Crippen LogP contribution in [0.2, 0.25) is 0 Å². The van der Waals surface area contributed by atoms with Crippen LogP contribution in [0.4, 0.5) is 17.1 Å². The summed E-state index contributed by atoms with van der Waals surface area (Å²) >= 11 is -7.42. The molecule has 0 spiro atoms. The second-order valence-electron chi connectivity index (χ2n) is 17.4. The molecule has 0 saturated heterocycles. The van der Waals surface area contributed by atoms with E-state index in [4.69, 9.17) is 19.3 Å². The molecule has 0 aliphatic rings. The predicted molar refractivity (Wildman–Crippen MR) is 286 cm³/mol. The first-order chi connectivity index (χ1) is 37.4. The van der Waals surface area contributed by atoms with Crippen LogP contribution in [0.25, 0.3) is 0 Å². The summed E-state index contributed by atoms with van der Waals surface area (Å²) in [5.74, 6) is -3.22. The third kappa shape index (κ3) is 30.6. The van der Waals surface area contributed by atoms with Gasteiger partial charge in [0.25, 0.3) is 5.91 Å². The first-order valence-corrected chi connectivity index (χ1v) is 28.1. The van der Waals surface area contributed by atoms with Crippen molar-refractivity contribution in [2.45, 2.75) is 82.7 Å². The molecule has 0 bridgehead atoms. The van der Waals surface area contributed by atoms with Gasteiger partial charge in [0.1, 0.15) is 5.54 Å². The van der Waals surface area contributed by atoms with Crippen LogP contribution in [0, 0.1) is 0 Å². The van der Waals surface area contributed by atoms with Gasteiger partial charge in [0, 0.05) is 133 Å². The lowest BCUT2D eigenvalue weighted by Crippen LogP contribution is -2.58. The second kappa shape index (κ2) is 38.3. The molecular formula is C49H68N9O17S3-3. The third-order valence-electron chi connectivity index (χ3n) is 11.0. The summed E-state index contributed by atoms with van der Waals surface area (Å²) in [4.78, 5) is 87.7. The SMILES string of the molecule is O=C(O)CCCC(=O)NC(COCCC(=O)NCCCCC(=O)c1ccc(NS(=O)[O-])cc1)(COCCC(=O)NCCCNCc1ccc(NS(=O)[O-])cc1)COCCC(=O)NCCCNC(=O)c1ccc(NS(=O)[O-])cc1. The van der Waals surface area contributed by atoms with Gasteiger partial charge in [-0.15, -0.1) is 0 Å². The Bertz CT molecular complexity index is 2320. The molecule has 10 N–H and O–H groups in total. The Hall–Kier alpha value is -6.28. The number of nitrogens with one attached hydrogen (secondary N) is 9. The molecule has 4 unspecified atom stereocenters. The van der Waals surface area contributed by atoms with E-state index in [1.54, 1.807) is 24.3 Å². The molecule has 0 fully saturated rings. The zero-order valence-electron chi connectivity index (χ0n) is 42.9. The molecule has 0 saturated carbocycles. The number of aliphatic carboxylic acids is 1. The smallest absolute Gasteiger partial charge is 0.303 e. The van der Waals surface area contributed by atoms with Gasteiger partial charge in [-0.2, -0.15) is 0 Å². The quantitative estimate of drug-likeness (QED) is 0.0217. The van der Waals surface area contributed by atoms with Crippen molar-refractivity contribution in [1.82, 2.24) is 31.9 Å². The molecule has 26 nitrogen and oxygen atoms in total. The lowest BCUT2D eigenvalue weighted by Gasteiger charge is -2.34. The maximum Gasteiger partial charge on any atom is 0.303 e. The van der Waals surface area contributed by atoms with E-state index < -0.39 is 57.1 Å². The molecular weight excluding hydrogens is 1080 g/mol. The standard InChI is InChI=1S/C49H71N9O17S3/c59-42(37-11-17-40(18-12-37)57-77(69)70)6-1-2-25-51-43(60)21-29-73-33-49(55-46(63)7-3-8-47(64)65,34-74-30-22-44(61)52-26-4-24-50-32-36-9-15-39(16-10-36)56-76(67)68)35-75-31-23-45(62)53-27-5-28-54-48(66)38-13-19-41(20-14-38)58-78(71)72/h9-20,50,56-58H,1-8,21-35H2,(H,51,60)(H,52,61)(H,53,62)(H,54,66)(H,55,63)(H,64,65)(H,67,68)(H,69,70)(H,71,72)/p-3. The number of benzene rings is 3. The van der Waals surface area contributed by atoms with E-state index in [9.17, 15) is 59.8 Å². The summed E-state index contributed by atoms with van der Waals surface area (Å²) in [6.07, 6.45) is 1.46. The molecule has 0 aromatic heterocycles. The maximum absolute atomic E-state index is 13.3. The number of rotatable bonds is 43. The van der Waals surface area contributed by atoms with Crippen LogP contribution in [-0.2, 0) is 78.5 Å². The summed E-state index contributed by atoms with van der Waals surface area (Å²) in [6.45, 7) is 1.04. The minimum atomic E-state index is -2.51. The monoisotopic (exact) mass is 1150 g/mol. The summed E-state index contributed by atoms with van der Waals surface area (Å²) in [7, 11) is 0. The van der Waals surface area contributed by atoms with E-state index in [0.29, 0.717) is 73.5 Å². The number of unbranched alkanes of at least 4 members (excludes halogenated alkanes) is 1. The topological polar surface area (TPSA) is 396 Å². The van der Waals surface area contributed by atoms with Gasteiger partial charge in [0.2, 0.25) is 23.6 Å². The van der Waals surface area contributed by atoms with Crippen LogP contribution in [0.3, 0.4) is 0 Å². The first-order valence-electron chi connectivity index (χ1n) is 24.9. The number of ether oxygens (including phenoxy) is 3. The number of carboxylic acid groups (broad SMARTS) is 1. The Morgan fingerprint density at radius 3 is 1.35 bits per heavy atom. The van der Waals surface area contributed by atoms with Gasteiger partial charge >= 0.3 is 5.97 Å². The number of anilines is 3. The van der Waals surface area contributed by atoms with E-state index in [1.807, 2.05) is 0 Å². The molecule has 78 heavy (non-hydrogen) atoms. The number of hydrogen-bond acceptors (Lipinski definition) is 17. The van der Waals surface area contributed by atoms with Crippen LogP contribution in [0.15, 0.2) is 72.8 Å². The first kappa shape index (κ1) is 66.0. The molecule has 29 heteroatoms. The van der Waals surface area contributed by atoms with Crippen LogP contribution in [0.1, 0.15) is 96.9 Å². The van der Waals surface area contributed by atoms with Crippen LogP contribution in [-0.4, -0.2) is 151 Å². The normalized spacial score (nSPS) is 12.9. The third-order valence-corrected chi connectivity index (χ3v) is 12.2. The van der Waals surface area contributed by atoms with E-state index >= 15 is 0 Å². The van der Waals surface area contributed by atoms with E-state index in [0.717, 1.165) is 5.56 Å². The molecule has 3 aromatic rings. The van der Waals surface area contributed by atoms with Gasteiger partial charge in [0.05, 0.1) is 39.6 Å². The Morgan fingerprint density at radius 1 is 0.462 bits per heavy atom. The van der Waals surface area contributed by atoms with Gasteiger partial charge in [-0.1, -0.05) is 12.1 Å². The summed E-state index contributed by atoms with van der Waals surface area (Å²) in [6, 6.07) is 18.6. The Labute approximate surface area is 460 Å². The molecule has 3 rings (SSSR count). The van der Waals surface area contributed by atoms with Crippen LogP contribution >= 0.6 is 0 Å². The van der Waals surface area contributed by atoms with Crippen molar-refractivity contribution in [2.75, 3.05) is 86.5 Å². The minimum Gasteiger partial charge on any atom is -0.755 e. The van der Waals surface area contributed by atoms with E-state index in [-0.39, 0.29) is 128 Å². The lowest BCUT2D eigenvalue weighted by atomic mass is 10.0. The molecule has 4 atom stereocenters. The molecule has 0 radical (unpaired) electrons. The zero-order chi connectivity index (χ0) is 57.0. The lowest BCUT2D eigenvalue weighted by molar-refractivity contribution is -0.137. The van der Waals surface area contributed by atoms with Crippen molar-refractivity contribution in [3.8, 4) is 0 Å². The highest BCUT2D eigenvalue weighted by molar-refractivity contribution is 7.81. The van der Waals surface area contributed by atoms with Gasteiger partial charge in [-0.25, -0.2) is 0 Å². The van der Waals surface area contributed by atoms with Crippen molar-refractivity contribution in [1.29, 1.82) is 0 Å². The number of Topliss-reactive ketones (excluding diaryl/α,β-unsaturated/α-hetero) is 1. The predicted octanol–water partition coefficient (Wildman–Crippen LogP) is 1.34. The zero-order valence-corrected chi connectivity index (χ0v) is 45.3. The largest absolute Gasteiger partial charge is 0.755 e. The Morgan fingerprint density at radius 2 is 0.885 bits per heavy atom. The highest BCUT2D eigenvalue weighted by Gasteiger charge is 2.34. The number of carboxylic acids is 1. The number of amides is 5. The fourth-order valence-corrected chi connectivity index (χ4v) is 8.01. The Balaban J connectivity index is 1.52. The number of ketones is 1. The van der Waals surface area contributed by atoms with Crippen molar-refractivity contribution >= 4 is 92.2 Å². The molecule has 0 heterocycles. The molecule has 432 valence electrons. The Kier molecular flexibility index (Phi) is 32.4. The molecule has 3 aromatic carbocycles. The molecule has 5 amide bonds. The van der Waals surface area contributed by atoms with Gasteiger partial charge in [-0.05, 0) is 105 Å². The highest BCUT2D eigenvalue weighted by Crippen LogP contribution is 2.15. The van der Waals surface area contributed by atoms with Crippen molar-refractivity contribution < 1.29 is 79.2 Å². The number of carbonyl (C=O) groups is 7. The van der Waals surface area contributed by atoms with Crippen molar-refractivity contribution in [3.05, 3.63) is 89.5 Å². The van der Waals surface area contributed by atoms with Crippen molar-refractivity contribution in [2.24, 2.45) is 0 Å². The van der Waals surface area contributed by atoms with Gasteiger partial charge in [0.15, 0.2) is 5.78 Å². The van der Waals surface area contributed by atoms with Gasteiger partial charge < -0.3 is 79.0 Å². The number of hydrogen-bond donors (Lipinski definition) is 10. The maximum atomic E-state index is 13.3. The van der Waals surface area contributed by atoms with Crippen LogP contribution < -0.4 is 46.1 Å². The van der Waals surface area contributed by atoms with E-state index in [1.165, 1.54) is 48.5 Å². The average Bonchev–Trinajstić information content (AvgIpc) is 3.39.